The maximum absolute atomic E-state index is 11.6. The maximum Gasteiger partial charge on any atom is 0.308 e. The van der Waals surface area contributed by atoms with E-state index in [1.807, 2.05) is 19.3 Å². The highest BCUT2D eigenvalue weighted by Crippen LogP contribution is 2.30. The molecule has 0 saturated carbocycles. The van der Waals surface area contributed by atoms with Crippen molar-refractivity contribution < 1.29 is 9.53 Å². The van der Waals surface area contributed by atoms with Crippen molar-refractivity contribution in [2.24, 2.45) is 5.92 Å². The lowest BCUT2D eigenvalue weighted by molar-refractivity contribution is -0.146. The van der Waals surface area contributed by atoms with Gasteiger partial charge in [-0.15, -0.1) is 0 Å². The number of carbonyl (C=O) groups is 1. The third kappa shape index (κ3) is 2.71. The Balaban J connectivity index is 1.86. The molecule has 0 bridgehead atoms. The van der Waals surface area contributed by atoms with Crippen LogP contribution in [-0.4, -0.2) is 38.2 Å². The van der Waals surface area contributed by atoms with Crippen LogP contribution in [0, 0.1) is 5.92 Å². The minimum Gasteiger partial charge on any atom is -0.469 e. The van der Waals surface area contributed by atoms with Crippen LogP contribution >= 0.6 is 0 Å². The summed E-state index contributed by atoms with van der Waals surface area (Å²) in [5.74, 6) is 0.921. The molecule has 116 valence electrons. The van der Waals surface area contributed by atoms with Gasteiger partial charge in [0.05, 0.1) is 13.0 Å². The Morgan fingerprint density at radius 2 is 2.09 bits per heavy atom. The summed E-state index contributed by atoms with van der Waals surface area (Å²) in [5, 5.41) is 5.50. The second kappa shape index (κ2) is 6.22. The molecule has 1 aliphatic heterocycles. The van der Waals surface area contributed by atoms with Gasteiger partial charge >= 0.3 is 5.97 Å². The Morgan fingerprint density at radius 1 is 1.32 bits per heavy atom. The Bertz CT molecular complexity index is 679. The molecule has 1 saturated heterocycles. The molecular formula is C17H21N3O2. The van der Waals surface area contributed by atoms with Gasteiger partial charge in [0.2, 0.25) is 0 Å². The van der Waals surface area contributed by atoms with Gasteiger partial charge < -0.3 is 15.0 Å². The minimum atomic E-state index is -0.0944. The number of hydrogen-bond donors (Lipinski definition) is 1. The summed E-state index contributed by atoms with van der Waals surface area (Å²) in [5.41, 5.74) is 1.08. The zero-order valence-electron chi connectivity index (χ0n) is 13.0. The highest BCUT2D eigenvalue weighted by atomic mass is 16.5. The number of nitrogens with zero attached hydrogens (tertiary/aromatic N) is 2. The Labute approximate surface area is 130 Å². The van der Waals surface area contributed by atoms with Crippen LogP contribution in [0.4, 0.5) is 11.5 Å². The average Bonchev–Trinajstić information content (AvgIpc) is 2.60. The molecule has 1 fully saturated rings. The number of anilines is 2. The number of aromatic nitrogens is 1. The van der Waals surface area contributed by atoms with E-state index in [1.54, 1.807) is 0 Å². The van der Waals surface area contributed by atoms with E-state index in [-0.39, 0.29) is 11.9 Å². The van der Waals surface area contributed by atoms with Crippen molar-refractivity contribution in [1.29, 1.82) is 0 Å². The third-order valence-corrected chi connectivity index (χ3v) is 4.36. The molecule has 2 heterocycles. The van der Waals surface area contributed by atoms with E-state index >= 15 is 0 Å². The summed E-state index contributed by atoms with van der Waals surface area (Å²) < 4.78 is 4.85. The average molecular weight is 299 g/mol. The molecule has 0 aliphatic carbocycles. The topological polar surface area (TPSA) is 54.5 Å². The number of methoxy groups -OCH3 is 1. The number of hydrogen-bond acceptors (Lipinski definition) is 5. The number of benzene rings is 1. The molecule has 5 nitrogen and oxygen atoms in total. The molecule has 0 spiro atoms. The lowest BCUT2D eigenvalue weighted by Gasteiger charge is -2.32. The fourth-order valence-electron chi connectivity index (χ4n) is 3.05. The highest BCUT2D eigenvalue weighted by molar-refractivity contribution is 5.94. The number of fused-ring (bicyclic) bond motifs is 1. The standard InChI is InChI=1S/C17H21N3O2/c1-18-14-4-3-12-5-8-19-16(15(12)11-14)20-9-6-13(7-10-20)17(21)22-2/h3-5,8,11,13,18H,6-7,9-10H2,1-2H3. The summed E-state index contributed by atoms with van der Waals surface area (Å²) in [4.78, 5) is 18.5. The monoisotopic (exact) mass is 299 g/mol. The number of nitrogens with one attached hydrogen (secondary N) is 1. The van der Waals surface area contributed by atoms with Gasteiger partial charge in [-0.1, -0.05) is 6.07 Å². The van der Waals surface area contributed by atoms with Gasteiger partial charge in [-0.25, -0.2) is 4.98 Å². The Hall–Kier alpha value is -2.30. The van der Waals surface area contributed by atoms with Gasteiger partial charge in [0.25, 0.3) is 0 Å². The molecule has 0 amide bonds. The molecule has 0 radical (unpaired) electrons. The van der Waals surface area contributed by atoms with Gasteiger partial charge in [0.15, 0.2) is 0 Å². The summed E-state index contributed by atoms with van der Waals surface area (Å²) in [6, 6.07) is 8.33. The van der Waals surface area contributed by atoms with Gasteiger partial charge in [0.1, 0.15) is 5.82 Å². The number of pyridine rings is 1. The van der Waals surface area contributed by atoms with Gasteiger partial charge in [-0.2, -0.15) is 0 Å². The fourth-order valence-corrected chi connectivity index (χ4v) is 3.05. The fraction of sp³-hybridized carbons (Fsp3) is 0.412. The second-order valence-electron chi connectivity index (χ2n) is 5.60. The number of ether oxygens (including phenoxy) is 1. The molecule has 0 unspecified atom stereocenters. The normalized spacial score (nSPS) is 15.8. The van der Waals surface area contributed by atoms with Crippen molar-refractivity contribution in [3.05, 3.63) is 30.5 Å². The Morgan fingerprint density at radius 3 is 2.77 bits per heavy atom. The van der Waals surface area contributed by atoms with Crippen LogP contribution in [0.15, 0.2) is 30.5 Å². The van der Waals surface area contributed by atoms with E-state index in [0.29, 0.717) is 0 Å². The molecule has 1 aliphatic rings. The molecule has 0 atom stereocenters. The number of carbonyl (C=O) groups excluding carboxylic acids is 1. The van der Waals surface area contributed by atoms with Crippen LogP contribution in [0.25, 0.3) is 10.8 Å². The largest absolute Gasteiger partial charge is 0.469 e. The maximum atomic E-state index is 11.6. The van der Waals surface area contributed by atoms with Gasteiger partial charge in [0, 0.05) is 37.4 Å². The van der Waals surface area contributed by atoms with Crippen molar-refractivity contribution in [2.45, 2.75) is 12.8 Å². The summed E-state index contributed by atoms with van der Waals surface area (Å²) in [6.07, 6.45) is 3.48. The predicted octanol–water partition coefficient (Wildman–Crippen LogP) is 2.67. The van der Waals surface area contributed by atoms with Crippen LogP contribution in [0.1, 0.15) is 12.8 Å². The lowest BCUT2D eigenvalue weighted by Crippen LogP contribution is -2.37. The Kier molecular flexibility index (Phi) is 4.13. The zero-order chi connectivity index (χ0) is 15.5. The summed E-state index contributed by atoms with van der Waals surface area (Å²) in [7, 11) is 3.37. The first-order chi connectivity index (χ1) is 10.7. The third-order valence-electron chi connectivity index (χ3n) is 4.36. The van der Waals surface area contributed by atoms with Crippen molar-refractivity contribution in [3.8, 4) is 0 Å². The molecule has 5 heteroatoms. The van der Waals surface area contributed by atoms with Gasteiger partial charge in [-0.05, 0) is 36.4 Å². The van der Waals surface area contributed by atoms with E-state index in [1.165, 1.54) is 12.5 Å². The highest BCUT2D eigenvalue weighted by Gasteiger charge is 2.26. The number of rotatable bonds is 3. The number of piperidine rings is 1. The molecule has 1 aromatic heterocycles. The van der Waals surface area contributed by atoms with E-state index in [9.17, 15) is 4.79 Å². The van der Waals surface area contributed by atoms with Crippen molar-refractivity contribution in [2.75, 3.05) is 37.5 Å². The first-order valence-corrected chi connectivity index (χ1v) is 7.62. The molecular weight excluding hydrogens is 278 g/mol. The molecule has 2 aromatic rings. The van der Waals surface area contributed by atoms with Crippen LogP contribution < -0.4 is 10.2 Å². The SMILES string of the molecule is CNc1ccc2ccnc(N3CCC(C(=O)OC)CC3)c2c1. The van der Waals surface area contributed by atoms with E-state index < -0.39 is 0 Å². The van der Waals surface area contributed by atoms with Gasteiger partial charge in [-0.3, -0.25) is 4.79 Å². The van der Waals surface area contributed by atoms with Crippen molar-refractivity contribution >= 4 is 28.2 Å². The smallest absolute Gasteiger partial charge is 0.308 e. The van der Waals surface area contributed by atoms with Crippen LogP contribution in [0.2, 0.25) is 0 Å². The van der Waals surface area contributed by atoms with Crippen molar-refractivity contribution in [3.63, 3.8) is 0 Å². The van der Waals surface area contributed by atoms with E-state index in [2.05, 4.69) is 33.4 Å². The van der Waals surface area contributed by atoms with Crippen LogP contribution in [0.3, 0.4) is 0 Å². The van der Waals surface area contributed by atoms with E-state index in [0.717, 1.165) is 42.8 Å². The van der Waals surface area contributed by atoms with Crippen molar-refractivity contribution in [1.82, 2.24) is 4.98 Å². The second-order valence-corrected chi connectivity index (χ2v) is 5.60. The lowest BCUT2D eigenvalue weighted by atomic mass is 9.96. The minimum absolute atomic E-state index is 0.0177. The molecule has 1 aromatic carbocycles. The summed E-state index contributed by atoms with van der Waals surface area (Å²) in [6.45, 7) is 1.66. The van der Waals surface area contributed by atoms with Crippen LogP contribution in [0.5, 0.6) is 0 Å². The molecule has 1 N–H and O–H groups in total. The first kappa shape index (κ1) is 14.6. The van der Waals surface area contributed by atoms with E-state index in [4.69, 9.17) is 4.74 Å². The zero-order valence-corrected chi connectivity index (χ0v) is 13.0. The summed E-state index contributed by atoms with van der Waals surface area (Å²) >= 11 is 0. The quantitative estimate of drug-likeness (QED) is 0.883. The first-order valence-electron chi connectivity index (χ1n) is 7.62. The molecule has 22 heavy (non-hydrogen) atoms. The molecule has 3 rings (SSSR count). The predicted molar refractivity (Wildman–Crippen MR) is 88.2 cm³/mol. The number of esters is 1. The van der Waals surface area contributed by atoms with Crippen LogP contribution in [-0.2, 0) is 9.53 Å².